The molecule has 0 bridgehead atoms. The fraction of sp³-hybridized carbons (Fsp3) is 0.364. The minimum atomic E-state index is -3.25. The fourth-order valence-electron chi connectivity index (χ4n) is 1.71. The van der Waals surface area contributed by atoms with Gasteiger partial charge in [-0.3, -0.25) is 0 Å². The lowest BCUT2D eigenvalue weighted by Crippen LogP contribution is -2.35. The third-order valence-corrected chi connectivity index (χ3v) is 4.46. The first-order valence-corrected chi connectivity index (χ1v) is 6.52. The van der Waals surface area contributed by atoms with Gasteiger partial charge in [0.05, 0.1) is 4.90 Å². The summed E-state index contributed by atoms with van der Waals surface area (Å²) < 4.78 is 25.8. The second kappa shape index (κ2) is 4.33. The van der Waals surface area contributed by atoms with Crippen LogP contribution in [0.4, 0.5) is 0 Å². The highest BCUT2D eigenvalue weighted by atomic mass is 32.2. The predicted molar refractivity (Wildman–Crippen MR) is 58.7 cm³/mol. The van der Waals surface area contributed by atoms with Crippen LogP contribution < -0.4 is 0 Å². The van der Waals surface area contributed by atoms with Crippen molar-refractivity contribution in [3.8, 4) is 0 Å². The summed E-state index contributed by atoms with van der Waals surface area (Å²) in [6.07, 6.45) is 3.84. The van der Waals surface area contributed by atoms with Gasteiger partial charge in [-0.1, -0.05) is 18.2 Å². The Kier molecular flexibility index (Phi) is 3.07. The zero-order valence-corrected chi connectivity index (χ0v) is 9.28. The van der Waals surface area contributed by atoms with Crippen molar-refractivity contribution in [1.82, 2.24) is 4.31 Å². The van der Waals surface area contributed by atoms with Gasteiger partial charge in [-0.2, -0.15) is 4.31 Å². The molecular weight excluding hydrogens is 210 g/mol. The van der Waals surface area contributed by atoms with E-state index < -0.39 is 10.0 Å². The number of sulfonamides is 1. The highest BCUT2D eigenvalue weighted by Crippen LogP contribution is 2.19. The van der Waals surface area contributed by atoms with Crippen LogP contribution in [0.2, 0.25) is 0 Å². The molecule has 0 aliphatic carbocycles. The molecule has 0 aromatic heterocycles. The molecular formula is C11H14NO2S. The van der Waals surface area contributed by atoms with Crippen molar-refractivity contribution in [2.24, 2.45) is 0 Å². The Morgan fingerprint density at radius 1 is 1.00 bits per heavy atom. The maximum atomic E-state index is 12.1. The molecule has 2 rings (SSSR count). The zero-order chi connectivity index (χ0) is 10.7. The highest BCUT2D eigenvalue weighted by Gasteiger charge is 2.25. The van der Waals surface area contributed by atoms with Gasteiger partial charge >= 0.3 is 0 Å². The van der Waals surface area contributed by atoms with Gasteiger partial charge in [0.25, 0.3) is 0 Å². The Hall–Kier alpha value is -0.870. The molecule has 1 aromatic carbocycles. The Bertz CT molecular complexity index is 407. The van der Waals surface area contributed by atoms with E-state index in [0.29, 0.717) is 18.0 Å². The van der Waals surface area contributed by atoms with E-state index in [0.717, 1.165) is 12.8 Å². The molecule has 0 spiro atoms. The van der Waals surface area contributed by atoms with Crippen molar-refractivity contribution in [1.29, 1.82) is 0 Å². The van der Waals surface area contributed by atoms with E-state index in [9.17, 15) is 8.42 Å². The molecule has 81 valence electrons. The molecule has 0 atom stereocenters. The van der Waals surface area contributed by atoms with Gasteiger partial charge in [0, 0.05) is 13.1 Å². The first kappa shape index (κ1) is 10.6. The quantitative estimate of drug-likeness (QED) is 0.766. The Morgan fingerprint density at radius 3 is 2.20 bits per heavy atom. The van der Waals surface area contributed by atoms with E-state index in [-0.39, 0.29) is 0 Å². The van der Waals surface area contributed by atoms with Gasteiger partial charge in [0.15, 0.2) is 0 Å². The third-order valence-electron chi connectivity index (χ3n) is 2.55. The molecule has 0 unspecified atom stereocenters. The molecule has 1 aromatic rings. The number of benzene rings is 1. The standard InChI is InChI=1S/C11H14NO2S/c13-15(14,11-7-3-1-4-8-11)12-9-5-2-6-10-12/h1-4,7-8H,5-6,9-10H2. The molecule has 1 radical (unpaired) electrons. The summed E-state index contributed by atoms with van der Waals surface area (Å²) in [5, 5.41) is 0. The summed E-state index contributed by atoms with van der Waals surface area (Å²) in [6.45, 7) is 1.22. The molecule has 0 amide bonds. The van der Waals surface area contributed by atoms with Crippen LogP contribution >= 0.6 is 0 Å². The van der Waals surface area contributed by atoms with Gasteiger partial charge < -0.3 is 0 Å². The van der Waals surface area contributed by atoms with Crippen molar-refractivity contribution < 1.29 is 8.42 Å². The van der Waals surface area contributed by atoms with Gasteiger partial charge in [-0.05, 0) is 31.4 Å². The number of piperidine rings is 1. The summed E-state index contributed by atoms with van der Waals surface area (Å²) in [6, 6.07) is 8.62. The average molecular weight is 224 g/mol. The summed E-state index contributed by atoms with van der Waals surface area (Å²) in [5.74, 6) is 0. The average Bonchev–Trinajstić information content (AvgIpc) is 2.31. The van der Waals surface area contributed by atoms with E-state index in [4.69, 9.17) is 0 Å². The molecule has 3 nitrogen and oxygen atoms in total. The number of nitrogens with zero attached hydrogens (tertiary/aromatic N) is 1. The summed E-state index contributed by atoms with van der Waals surface area (Å²) in [7, 11) is -3.25. The van der Waals surface area contributed by atoms with Crippen LogP contribution in [0, 0.1) is 6.42 Å². The first-order valence-electron chi connectivity index (χ1n) is 5.08. The number of hydrogen-bond acceptors (Lipinski definition) is 2. The number of hydrogen-bond donors (Lipinski definition) is 0. The van der Waals surface area contributed by atoms with Crippen molar-refractivity contribution >= 4 is 10.0 Å². The SMILES string of the molecule is O=S(=O)(c1ccccc1)N1CC[CH]CC1. The smallest absolute Gasteiger partial charge is 0.207 e. The largest absolute Gasteiger partial charge is 0.243 e. The molecule has 0 N–H and O–H groups in total. The van der Waals surface area contributed by atoms with E-state index in [1.807, 2.05) is 6.07 Å². The topological polar surface area (TPSA) is 37.4 Å². The van der Waals surface area contributed by atoms with Gasteiger partial charge in [-0.15, -0.1) is 0 Å². The van der Waals surface area contributed by atoms with Gasteiger partial charge in [0.1, 0.15) is 0 Å². The summed E-state index contributed by atoms with van der Waals surface area (Å²) >= 11 is 0. The van der Waals surface area contributed by atoms with Crippen LogP contribution in [0.3, 0.4) is 0 Å². The molecule has 1 heterocycles. The Balaban J connectivity index is 2.26. The van der Waals surface area contributed by atoms with E-state index >= 15 is 0 Å². The number of rotatable bonds is 2. The van der Waals surface area contributed by atoms with Crippen LogP contribution in [0.25, 0.3) is 0 Å². The van der Waals surface area contributed by atoms with Crippen LogP contribution in [0.5, 0.6) is 0 Å². The van der Waals surface area contributed by atoms with Crippen molar-refractivity contribution in [3.05, 3.63) is 36.8 Å². The third kappa shape index (κ3) is 2.21. The lowest BCUT2D eigenvalue weighted by Gasteiger charge is -2.25. The van der Waals surface area contributed by atoms with Crippen molar-refractivity contribution in [2.45, 2.75) is 17.7 Å². The monoisotopic (exact) mass is 224 g/mol. The van der Waals surface area contributed by atoms with Crippen LogP contribution in [0.15, 0.2) is 35.2 Å². The normalized spacial score (nSPS) is 18.9. The van der Waals surface area contributed by atoms with Crippen LogP contribution in [-0.2, 0) is 10.0 Å². The predicted octanol–water partition coefficient (Wildman–Crippen LogP) is 1.68. The molecule has 4 heteroatoms. The van der Waals surface area contributed by atoms with Crippen molar-refractivity contribution in [2.75, 3.05) is 13.1 Å². The highest BCUT2D eigenvalue weighted by molar-refractivity contribution is 7.89. The zero-order valence-electron chi connectivity index (χ0n) is 8.46. The minimum Gasteiger partial charge on any atom is -0.207 e. The van der Waals surface area contributed by atoms with Crippen LogP contribution in [0.1, 0.15) is 12.8 Å². The Labute approximate surface area is 90.8 Å². The lowest BCUT2D eigenvalue weighted by atomic mass is 10.2. The molecule has 0 saturated carbocycles. The second-order valence-corrected chi connectivity index (χ2v) is 5.52. The van der Waals surface area contributed by atoms with Gasteiger partial charge in [-0.25, -0.2) is 8.42 Å². The van der Waals surface area contributed by atoms with Gasteiger partial charge in [0.2, 0.25) is 10.0 Å². The maximum absolute atomic E-state index is 12.1. The Morgan fingerprint density at radius 2 is 1.60 bits per heavy atom. The van der Waals surface area contributed by atoms with E-state index in [2.05, 4.69) is 6.42 Å². The molecule has 1 fully saturated rings. The molecule has 1 aliphatic rings. The maximum Gasteiger partial charge on any atom is 0.243 e. The van der Waals surface area contributed by atoms with E-state index in [1.165, 1.54) is 0 Å². The lowest BCUT2D eigenvalue weighted by molar-refractivity contribution is 0.384. The summed E-state index contributed by atoms with van der Waals surface area (Å²) in [4.78, 5) is 0.395. The molecule has 1 saturated heterocycles. The fourth-order valence-corrected chi connectivity index (χ4v) is 3.20. The van der Waals surface area contributed by atoms with Crippen molar-refractivity contribution in [3.63, 3.8) is 0 Å². The van der Waals surface area contributed by atoms with Crippen LogP contribution in [-0.4, -0.2) is 25.8 Å². The first-order chi connectivity index (χ1) is 7.21. The second-order valence-electron chi connectivity index (χ2n) is 3.58. The van der Waals surface area contributed by atoms with E-state index in [1.54, 1.807) is 28.6 Å². The minimum absolute atomic E-state index is 0.395. The molecule has 1 aliphatic heterocycles. The molecule has 15 heavy (non-hydrogen) atoms. The summed E-state index contributed by atoms with van der Waals surface area (Å²) in [5.41, 5.74) is 0.